The van der Waals surface area contributed by atoms with Crippen LogP contribution in [0.5, 0.6) is 5.75 Å². The van der Waals surface area contributed by atoms with Crippen molar-refractivity contribution in [1.82, 2.24) is 19.5 Å². The van der Waals surface area contributed by atoms with Gasteiger partial charge in [0.15, 0.2) is 5.65 Å². The van der Waals surface area contributed by atoms with E-state index in [0.29, 0.717) is 36.9 Å². The van der Waals surface area contributed by atoms with Gasteiger partial charge in [-0.05, 0) is 17.7 Å². The van der Waals surface area contributed by atoms with Crippen LogP contribution in [0.2, 0.25) is 0 Å². The van der Waals surface area contributed by atoms with E-state index in [1.54, 1.807) is 17.9 Å². The number of morpholine rings is 1. The van der Waals surface area contributed by atoms with Gasteiger partial charge in [0.2, 0.25) is 5.95 Å². The molecule has 26 heavy (non-hydrogen) atoms. The lowest BCUT2D eigenvalue weighted by Crippen LogP contribution is -2.37. The van der Waals surface area contributed by atoms with Crippen molar-refractivity contribution >= 4 is 17.1 Å². The predicted octanol–water partition coefficient (Wildman–Crippen LogP) is 1.08. The summed E-state index contributed by atoms with van der Waals surface area (Å²) in [5, 5.41) is 0. The number of benzene rings is 1. The Morgan fingerprint density at radius 3 is 2.85 bits per heavy atom. The first-order valence-electron chi connectivity index (χ1n) is 8.43. The number of ether oxygens (including phenoxy) is 2. The van der Waals surface area contributed by atoms with Gasteiger partial charge in [0.25, 0.3) is 5.56 Å². The third-order valence-electron chi connectivity index (χ3n) is 4.34. The first-order valence-corrected chi connectivity index (χ1v) is 8.43. The van der Waals surface area contributed by atoms with E-state index in [1.807, 2.05) is 24.3 Å². The van der Waals surface area contributed by atoms with Gasteiger partial charge in [-0.3, -0.25) is 9.36 Å². The average molecular weight is 353 g/mol. The van der Waals surface area contributed by atoms with Crippen LogP contribution in [0.3, 0.4) is 0 Å². The molecule has 1 fully saturated rings. The van der Waals surface area contributed by atoms with Gasteiger partial charge >= 0.3 is 0 Å². The van der Waals surface area contributed by atoms with E-state index < -0.39 is 0 Å². The van der Waals surface area contributed by atoms with Gasteiger partial charge in [0.05, 0.1) is 39.3 Å². The summed E-state index contributed by atoms with van der Waals surface area (Å²) in [5.74, 6) is 1.34. The molecule has 0 atom stereocenters. The molecule has 8 nitrogen and oxygen atoms in total. The normalized spacial score (nSPS) is 14.6. The van der Waals surface area contributed by atoms with E-state index in [-0.39, 0.29) is 5.56 Å². The number of fused-ring (bicyclic) bond motifs is 1. The summed E-state index contributed by atoms with van der Waals surface area (Å²) in [4.78, 5) is 27.7. The van der Waals surface area contributed by atoms with Gasteiger partial charge < -0.3 is 14.4 Å². The molecule has 1 saturated heterocycles. The molecule has 134 valence electrons. The maximum absolute atomic E-state index is 12.5. The Hall–Kier alpha value is -3.00. The third-order valence-corrected chi connectivity index (χ3v) is 4.34. The van der Waals surface area contributed by atoms with Crippen molar-refractivity contribution in [2.45, 2.75) is 6.54 Å². The second kappa shape index (κ2) is 7.09. The largest absolute Gasteiger partial charge is 0.497 e. The standard InChI is InChI=1S/C18H19N5O3/c1-25-14-4-2-3-13(9-14)12-23-16(24)11-19-15-10-20-18(21-17(15)23)22-5-7-26-8-6-22/h2-4,9-11H,5-8,12H2,1H3. The van der Waals surface area contributed by atoms with Gasteiger partial charge in [-0.1, -0.05) is 12.1 Å². The Morgan fingerprint density at radius 1 is 1.19 bits per heavy atom. The first kappa shape index (κ1) is 16.5. The van der Waals surface area contributed by atoms with Crippen molar-refractivity contribution in [2.24, 2.45) is 0 Å². The Labute approximate surface area is 150 Å². The summed E-state index contributed by atoms with van der Waals surface area (Å²) in [5.41, 5.74) is 1.86. The van der Waals surface area contributed by atoms with E-state index in [1.165, 1.54) is 6.20 Å². The number of hydrogen-bond donors (Lipinski definition) is 0. The fourth-order valence-corrected chi connectivity index (χ4v) is 2.97. The van der Waals surface area contributed by atoms with E-state index in [9.17, 15) is 4.79 Å². The van der Waals surface area contributed by atoms with Gasteiger partial charge in [-0.15, -0.1) is 0 Å². The van der Waals surface area contributed by atoms with Crippen molar-refractivity contribution < 1.29 is 9.47 Å². The summed E-state index contributed by atoms with van der Waals surface area (Å²) in [6.07, 6.45) is 2.97. The highest BCUT2D eigenvalue weighted by Crippen LogP contribution is 2.17. The molecule has 3 heterocycles. The zero-order valence-corrected chi connectivity index (χ0v) is 14.5. The molecule has 0 unspecified atom stereocenters. The molecular weight excluding hydrogens is 334 g/mol. The van der Waals surface area contributed by atoms with E-state index >= 15 is 0 Å². The highest BCUT2D eigenvalue weighted by atomic mass is 16.5. The van der Waals surface area contributed by atoms with E-state index in [4.69, 9.17) is 9.47 Å². The van der Waals surface area contributed by atoms with Crippen LogP contribution in [0.25, 0.3) is 11.2 Å². The molecule has 1 aromatic carbocycles. The molecule has 8 heteroatoms. The summed E-state index contributed by atoms with van der Waals surface area (Å²) < 4.78 is 12.3. The molecule has 0 N–H and O–H groups in total. The van der Waals surface area contributed by atoms with Crippen LogP contribution in [0.15, 0.2) is 41.5 Å². The van der Waals surface area contributed by atoms with Crippen LogP contribution in [0.4, 0.5) is 5.95 Å². The smallest absolute Gasteiger partial charge is 0.270 e. The fraction of sp³-hybridized carbons (Fsp3) is 0.333. The zero-order valence-electron chi connectivity index (χ0n) is 14.5. The minimum atomic E-state index is -0.202. The fourth-order valence-electron chi connectivity index (χ4n) is 2.97. The highest BCUT2D eigenvalue weighted by Gasteiger charge is 2.16. The minimum absolute atomic E-state index is 0.202. The minimum Gasteiger partial charge on any atom is -0.497 e. The Balaban J connectivity index is 1.76. The average Bonchev–Trinajstić information content (AvgIpc) is 2.70. The van der Waals surface area contributed by atoms with Gasteiger partial charge in [-0.25, -0.2) is 9.97 Å². The summed E-state index contributed by atoms with van der Waals surface area (Å²) in [6, 6.07) is 7.63. The van der Waals surface area contributed by atoms with Crippen molar-refractivity contribution in [3.8, 4) is 5.75 Å². The SMILES string of the molecule is COc1cccc(Cn2c(=O)cnc3cnc(N4CCOCC4)nc32)c1. The molecule has 0 spiro atoms. The second-order valence-corrected chi connectivity index (χ2v) is 6.01. The molecule has 4 rings (SSSR count). The highest BCUT2D eigenvalue weighted by molar-refractivity contribution is 5.70. The summed E-state index contributed by atoms with van der Waals surface area (Å²) in [7, 11) is 1.62. The second-order valence-electron chi connectivity index (χ2n) is 6.01. The summed E-state index contributed by atoms with van der Waals surface area (Å²) in [6.45, 7) is 3.13. The first-order chi connectivity index (χ1) is 12.7. The lowest BCUT2D eigenvalue weighted by molar-refractivity contribution is 0.122. The molecule has 0 bridgehead atoms. The lowest BCUT2D eigenvalue weighted by atomic mass is 10.2. The quantitative estimate of drug-likeness (QED) is 0.694. The van der Waals surface area contributed by atoms with Crippen molar-refractivity contribution in [3.63, 3.8) is 0 Å². The monoisotopic (exact) mass is 353 g/mol. The molecule has 0 aliphatic carbocycles. The van der Waals surface area contributed by atoms with Crippen LogP contribution in [0.1, 0.15) is 5.56 Å². The predicted molar refractivity (Wildman–Crippen MR) is 96.7 cm³/mol. The van der Waals surface area contributed by atoms with Crippen LogP contribution >= 0.6 is 0 Å². The third kappa shape index (κ3) is 3.23. The van der Waals surface area contributed by atoms with Gasteiger partial charge in [0.1, 0.15) is 11.3 Å². The Bertz CT molecular complexity index is 982. The molecule has 0 radical (unpaired) electrons. The molecule has 0 saturated carbocycles. The lowest BCUT2D eigenvalue weighted by Gasteiger charge is -2.26. The molecule has 1 aliphatic heterocycles. The maximum atomic E-state index is 12.5. The number of hydrogen-bond acceptors (Lipinski definition) is 7. The van der Waals surface area contributed by atoms with Crippen molar-refractivity contribution in [1.29, 1.82) is 0 Å². The summed E-state index contributed by atoms with van der Waals surface area (Å²) >= 11 is 0. The molecule has 1 aliphatic rings. The van der Waals surface area contributed by atoms with E-state index in [0.717, 1.165) is 24.4 Å². The number of rotatable bonds is 4. The van der Waals surface area contributed by atoms with Crippen molar-refractivity contribution in [3.05, 3.63) is 52.6 Å². The van der Waals surface area contributed by atoms with Crippen LogP contribution in [0, 0.1) is 0 Å². The topological polar surface area (TPSA) is 82.4 Å². The zero-order chi connectivity index (χ0) is 17.9. The van der Waals surface area contributed by atoms with Crippen LogP contribution < -0.4 is 15.2 Å². The number of nitrogens with zero attached hydrogens (tertiary/aromatic N) is 5. The Morgan fingerprint density at radius 2 is 2.04 bits per heavy atom. The van der Waals surface area contributed by atoms with Gasteiger partial charge in [-0.2, -0.15) is 4.98 Å². The Kier molecular flexibility index (Phi) is 4.49. The van der Waals surface area contributed by atoms with Crippen molar-refractivity contribution in [2.75, 3.05) is 38.3 Å². The number of anilines is 1. The number of methoxy groups -OCH3 is 1. The van der Waals surface area contributed by atoms with Crippen LogP contribution in [-0.2, 0) is 11.3 Å². The molecule has 3 aromatic rings. The van der Waals surface area contributed by atoms with Crippen LogP contribution in [-0.4, -0.2) is 52.9 Å². The molecule has 2 aromatic heterocycles. The van der Waals surface area contributed by atoms with E-state index in [2.05, 4.69) is 19.9 Å². The molecular formula is C18H19N5O3. The maximum Gasteiger partial charge on any atom is 0.270 e. The number of aromatic nitrogens is 4. The molecule has 0 amide bonds. The van der Waals surface area contributed by atoms with Gasteiger partial charge in [0, 0.05) is 13.1 Å².